The molecule has 90 valence electrons. The van der Waals surface area contributed by atoms with Gasteiger partial charge in [-0.2, -0.15) is 5.06 Å². The summed E-state index contributed by atoms with van der Waals surface area (Å²) in [5.41, 5.74) is 1.40. The summed E-state index contributed by atoms with van der Waals surface area (Å²) in [6, 6.07) is 11.2. The minimum absolute atomic E-state index is 0.402. The molecule has 0 amide bonds. The molecule has 1 aliphatic heterocycles. The summed E-state index contributed by atoms with van der Waals surface area (Å²) in [6.07, 6.45) is 8.46. The maximum atomic E-state index is 5.93. The molecule has 1 saturated heterocycles. The normalized spacial score (nSPS) is 32.6. The molecule has 0 N–H and O–H groups in total. The van der Waals surface area contributed by atoms with Crippen molar-refractivity contribution in [1.29, 1.82) is 0 Å². The first-order valence-corrected chi connectivity index (χ1v) is 6.45. The molecule has 1 fully saturated rings. The highest BCUT2D eigenvalue weighted by molar-refractivity contribution is 5.18. The third-order valence-electron chi connectivity index (χ3n) is 3.91. The summed E-state index contributed by atoms with van der Waals surface area (Å²) in [5.74, 6) is 0.564. The number of hydrogen-bond donors (Lipinski definition) is 0. The van der Waals surface area contributed by atoms with Crippen LogP contribution < -0.4 is 0 Å². The second-order valence-electron chi connectivity index (χ2n) is 5.03. The molecule has 3 unspecified atom stereocenters. The van der Waals surface area contributed by atoms with E-state index in [0.717, 1.165) is 19.3 Å². The highest BCUT2D eigenvalue weighted by atomic mass is 16.7. The molecule has 2 nitrogen and oxygen atoms in total. The molecule has 1 aromatic carbocycles. The van der Waals surface area contributed by atoms with Crippen molar-refractivity contribution in [3.8, 4) is 0 Å². The first-order chi connectivity index (χ1) is 8.34. The lowest BCUT2D eigenvalue weighted by atomic mass is 9.85. The second-order valence-corrected chi connectivity index (χ2v) is 5.03. The number of fused-ring (bicyclic) bond motifs is 1. The highest BCUT2D eigenvalue weighted by Gasteiger charge is 2.40. The van der Waals surface area contributed by atoms with Gasteiger partial charge in [-0.25, -0.2) is 0 Å². The molecule has 3 rings (SSSR count). The van der Waals surface area contributed by atoms with Crippen LogP contribution in [-0.2, 0) is 11.3 Å². The lowest BCUT2D eigenvalue weighted by molar-refractivity contribution is -0.144. The molecule has 0 radical (unpaired) electrons. The van der Waals surface area contributed by atoms with Crippen molar-refractivity contribution < 1.29 is 4.84 Å². The van der Waals surface area contributed by atoms with Gasteiger partial charge in [-0.05, 0) is 24.8 Å². The van der Waals surface area contributed by atoms with Gasteiger partial charge in [0.25, 0.3) is 0 Å². The summed E-state index contributed by atoms with van der Waals surface area (Å²) in [7, 11) is 2.07. The van der Waals surface area contributed by atoms with Crippen LogP contribution in [-0.4, -0.2) is 24.3 Å². The highest BCUT2D eigenvalue weighted by Crippen LogP contribution is 2.34. The van der Waals surface area contributed by atoms with Gasteiger partial charge in [-0.15, -0.1) is 0 Å². The topological polar surface area (TPSA) is 12.5 Å². The van der Waals surface area contributed by atoms with Crippen molar-refractivity contribution in [3.05, 3.63) is 48.0 Å². The van der Waals surface area contributed by atoms with Crippen molar-refractivity contribution in [2.75, 3.05) is 7.05 Å². The number of nitrogens with zero attached hydrogens (tertiary/aromatic N) is 1. The van der Waals surface area contributed by atoms with Crippen LogP contribution in [0.4, 0.5) is 0 Å². The van der Waals surface area contributed by atoms with Crippen LogP contribution in [0.1, 0.15) is 18.4 Å². The Bertz CT molecular complexity index is 401. The van der Waals surface area contributed by atoms with Gasteiger partial charge in [0.1, 0.15) is 0 Å². The summed E-state index contributed by atoms with van der Waals surface area (Å²) in [4.78, 5) is 5.93. The van der Waals surface area contributed by atoms with Crippen molar-refractivity contribution in [3.63, 3.8) is 0 Å². The van der Waals surface area contributed by atoms with Crippen LogP contribution in [0.15, 0.2) is 42.5 Å². The van der Waals surface area contributed by atoms with Crippen LogP contribution in [0.5, 0.6) is 0 Å². The van der Waals surface area contributed by atoms with E-state index >= 15 is 0 Å². The second kappa shape index (κ2) is 4.63. The van der Waals surface area contributed by atoms with E-state index in [0.29, 0.717) is 18.1 Å². The number of benzene rings is 1. The van der Waals surface area contributed by atoms with Gasteiger partial charge >= 0.3 is 0 Å². The summed E-state index contributed by atoms with van der Waals surface area (Å²) in [5, 5.41) is 2.07. The van der Waals surface area contributed by atoms with E-state index in [1.807, 2.05) is 0 Å². The Morgan fingerprint density at radius 1 is 1.29 bits per heavy atom. The molecule has 1 aliphatic carbocycles. The van der Waals surface area contributed by atoms with Crippen LogP contribution >= 0.6 is 0 Å². The van der Waals surface area contributed by atoms with Gasteiger partial charge in [0.05, 0.1) is 6.10 Å². The lowest BCUT2D eigenvalue weighted by Gasteiger charge is -2.22. The third kappa shape index (κ3) is 2.15. The largest absolute Gasteiger partial charge is 0.295 e. The molecule has 0 saturated carbocycles. The van der Waals surface area contributed by atoms with E-state index in [-0.39, 0.29) is 0 Å². The van der Waals surface area contributed by atoms with Gasteiger partial charge in [0.15, 0.2) is 0 Å². The first kappa shape index (κ1) is 11.0. The number of hydrogen-bond acceptors (Lipinski definition) is 2. The van der Waals surface area contributed by atoms with Crippen molar-refractivity contribution in [1.82, 2.24) is 5.06 Å². The zero-order valence-corrected chi connectivity index (χ0v) is 10.3. The molecule has 0 spiro atoms. The fourth-order valence-corrected chi connectivity index (χ4v) is 2.98. The molecule has 2 heteroatoms. The molecule has 17 heavy (non-hydrogen) atoms. The van der Waals surface area contributed by atoms with Crippen LogP contribution in [0, 0.1) is 5.92 Å². The Hall–Kier alpha value is -1.12. The molecular formula is C15H19NO. The number of likely N-dealkylation sites (N-methyl/N-ethyl adjacent to an activating group) is 1. The Kier molecular flexibility index (Phi) is 3.00. The standard InChI is InChI=1S/C15H19NO/c1-16-14(11-12-7-3-2-4-8-12)13-9-5-6-10-15(13)17-16/h2-5,7-9,13-15H,6,10-11H2,1H3. The number of rotatable bonds is 2. The Labute approximate surface area is 103 Å². The van der Waals surface area contributed by atoms with E-state index in [1.165, 1.54) is 5.56 Å². The van der Waals surface area contributed by atoms with Crippen molar-refractivity contribution >= 4 is 0 Å². The van der Waals surface area contributed by atoms with Crippen LogP contribution in [0.25, 0.3) is 0 Å². The van der Waals surface area contributed by atoms with Gasteiger partial charge in [0.2, 0.25) is 0 Å². The van der Waals surface area contributed by atoms with E-state index < -0.39 is 0 Å². The maximum absolute atomic E-state index is 5.93. The average molecular weight is 229 g/mol. The van der Waals surface area contributed by atoms with Gasteiger partial charge in [-0.1, -0.05) is 42.5 Å². The van der Waals surface area contributed by atoms with Gasteiger partial charge in [-0.3, -0.25) is 4.84 Å². The zero-order chi connectivity index (χ0) is 11.7. The summed E-state index contributed by atoms with van der Waals surface area (Å²) in [6.45, 7) is 0. The van der Waals surface area contributed by atoms with E-state index in [1.54, 1.807) is 0 Å². The number of allylic oxidation sites excluding steroid dienone is 1. The fourth-order valence-electron chi connectivity index (χ4n) is 2.98. The van der Waals surface area contributed by atoms with Crippen LogP contribution in [0.3, 0.4) is 0 Å². The smallest absolute Gasteiger partial charge is 0.0874 e. The van der Waals surface area contributed by atoms with E-state index in [4.69, 9.17) is 4.84 Å². The predicted molar refractivity (Wildman–Crippen MR) is 68.4 cm³/mol. The first-order valence-electron chi connectivity index (χ1n) is 6.45. The molecule has 0 bridgehead atoms. The van der Waals surface area contributed by atoms with Gasteiger partial charge < -0.3 is 0 Å². The molecule has 2 aliphatic rings. The van der Waals surface area contributed by atoms with Crippen molar-refractivity contribution in [2.45, 2.75) is 31.4 Å². The Morgan fingerprint density at radius 3 is 2.94 bits per heavy atom. The number of hydroxylamine groups is 2. The van der Waals surface area contributed by atoms with E-state index in [2.05, 4.69) is 54.6 Å². The van der Waals surface area contributed by atoms with Crippen molar-refractivity contribution in [2.24, 2.45) is 5.92 Å². The Morgan fingerprint density at radius 2 is 2.12 bits per heavy atom. The molecule has 1 aromatic rings. The van der Waals surface area contributed by atoms with Gasteiger partial charge in [0, 0.05) is 19.0 Å². The predicted octanol–water partition coefficient (Wildman–Crippen LogP) is 2.81. The SMILES string of the molecule is CN1OC2CCC=CC2C1Cc1ccccc1. The Balaban J connectivity index is 1.78. The summed E-state index contributed by atoms with van der Waals surface area (Å²) >= 11 is 0. The lowest BCUT2D eigenvalue weighted by Crippen LogP contribution is -2.31. The fraction of sp³-hybridized carbons (Fsp3) is 0.467. The zero-order valence-electron chi connectivity index (χ0n) is 10.3. The molecular weight excluding hydrogens is 210 g/mol. The quantitative estimate of drug-likeness (QED) is 0.723. The average Bonchev–Trinajstić information content (AvgIpc) is 2.68. The van der Waals surface area contributed by atoms with Crippen LogP contribution in [0.2, 0.25) is 0 Å². The molecule has 1 heterocycles. The van der Waals surface area contributed by atoms with E-state index in [9.17, 15) is 0 Å². The molecule has 3 atom stereocenters. The minimum Gasteiger partial charge on any atom is -0.295 e. The monoisotopic (exact) mass is 229 g/mol. The molecule has 0 aromatic heterocycles. The minimum atomic E-state index is 0.402. The third-order valence-corrected chi connectivity index (χ3v) is 3.91. The summed E-state index contributed by atoms with van der Waals surface area (Å²) < 4.78 is 0. The maximum Gasteiger partial charge on any atom is 0.0874 e.